The Hall–Kier alpha value is -2.32. The molecule has 146 valence electrons. The molecule has 0 unspecified atom stereocenters. The van der Waals surface area contributed by atoms with Crippen LogP contribution in [0.4, 0.5) is 5.69 Å². The maximum atomic E-state index is 12.4. The van der Waals surface area contributed by atoms with Crippen molar-refractivity contribution in [3.05, 3.63) is 82.2 Å². The first kappa shape index (κ1) is 20.4. The lowest BCUT2D eigenvalue weighted by atomic mass is 10.1. The number of halogens is 2. The van der Waals surface area contributed by atoms with E-state index >= 15 is 0 Å². The van der Waals surface area contributed by atoms with Crippen molar-refractivity contribution in [3.8, 4) is 0 Å². The normalized spacial score (nSPS) is 11.4. The topological polar surface area (TPSA) is 88.4 Å². The van der Waals surface area contributed by atoms with Crippen LogP contribution in [0.1, 0.15) is 11.3 Å². The summed E-state index contributed by atoms with van der Waals surface area (Å²) in [6.07, 6.45) is 1.43. The molecule has 0 aliphatic heterocycles. The van der Waals surface area contributed by atoms with Crippen LogP contribution in [0.3, 0.4) is 0 Å². The lowest BCUT2D eigenvalue weighted by Gasteiger charge is -2.10. The van der Waals surface area contributed by atoms with Crippen molar-refractivity contribution >= 4 is 44.8 Å². The Bertz CT molecular complexity index is 1060. The van der Waals surface area contributed by atoms with Crippen LogP contribution >= 0.6 is 23.2 Å². The van der Waals surface area contributed by atoms with Crippen LogP contribution in [0.2, 0.25) is 10.0 Å². The Balaban J connectivity index is 1.69. The van der Waals surface area contributed by atoms with Crippen molar-refractivity contribution in [2.45, 2.75) is 17.9 Å². The summed E-state index contributed by atoms with van der Waals surface area (Å²) in [5, 5.41) is 3.44. The molecule has 1 amide bonds. The molecule has 2 aromatic carbocycles. The molecule has 0 atom stereocenters. The average molecular weight is 439 g/mol. The number of furan rings is 1. The van der Waals surface area contributed by atoms with Crippen LogP contribution in [0.15, 0.2) is 70.2 Å². The zero-order valence-electron chi connectivity index (χ0n) is 14.5. The molecular formula is C19H16Cl2N2O4S. The molecular weight excluding hydrogens is 423 g/mol. The third-order valence-electron chi connectivity index (χ3n) is 3.84. The molecule has 3 aromatic rings. The molecule has 0 saturated heterocycles. The van der Waals surface area contributed by atoms with E-state index in [2.05, 4.69) is 10.0 Å². The zero-order chi connectivity index (χ0) is 20.1. The molecule has 0 spiro atoms. The average Bonchev–Trinajstić information content (AvgIpc) is 3.17. The van der Waals surface area contributed by atoms with E-state index in [1.165, 1.54) is 18.4 Å². The number of carbonyl (C=O) groups is 1. The molecule has 0 aliphatic rings. The van der Waals surface area contributed by atoms with Gasteiger partial charge >= 0.3 is 0 Å². The SMILES string of the molecule is O=C(Cc1c(Cl)cccc1Cl)Nc1cccc(S(=O)(=O)NCc2ccco2)c1. The number of sulfonamides is 1. The van der Waals surface area contributed by atoms with E-state index in [9.17, 15) is 13.2 Å². The second kappa shape index (κ2) is 8.79. The number of hydrogen-bond acceptors (Lipinski definition) is 4. The van der Waals surface area contributed by atoms with Gasteiger partial charge in [0.1, 0.15) is 5.76 Å². The summed E-state index contributed by atoms with van der Waals surface area (Å²) in [4.78, 5) is 12.3. The Kier molecular flexibility index (Phi) is 6.41. The van der Waals surface area contributed by atoms with Gasteiger partial charge in [-0.1, -0.05) is 35.3 Å². The molecule has 9 heteroatoms. The van der Waals surface area contributed by atoms with Crippen LogP contribution in [0.25, 0.3) is 0 Å². The van der Waals surface area contributed by atoms with Gasteiger partial charge in [0.25, 0.3) is 0 Å². The van der Waals surface area contributed by atoms with Gasteiger partial charge in [-0.2, -0.15) is 0 Å². The van der Waals surface area contributed by atoms with Crippen molar-refractivity contribution in [1.29, 1.82) is 0 Å². The first-order chi connectivity index (χ1) is 13.3. The van der Waals surface area contributed by atoms with Crippen LogP contribution in [-0.2, 0) is 27.8 Å². The van der Waals surface area contributed by atoms with Gasteiger partial charge < -0.3 is 9.73 Å². The van der Waals surface area contributed by atoms with Crippen molar-refractivity contribution in [2.24, 2.45) is 0 Å². The third kappa shape index (κ3) is 5.14. The number of hydrogen-bond donors (Lipinski definition) is 2. The minimum Gasteiger partial charge on any atom is -0.468 e. The monoisotopic (exact) mass is 438 g/mol. The molecule has 0 radical (unpaired) electrons. The van der Waals surface area contributed by atoms with Crippen LogP contribution in [-0.4, -0.2) is 14.3 Å². The summed E-state index contributed by atoms with van der Waals surface area (Å²) < 4.78 is 32.4. The first-order valence-corrected chi connectivity index (χ1v) is 10.4. The van der Waals surface area contributed by atoms with E-state index in [4.69, 9.17) is 27.6 Å². The maximum absolute atomic E-state index is 12.4. The molecule has 2 N–H and O–H groups in total. The second-order valence-corrected chi connectivity index (χ2v) is 8.44. The first-order valence-electron chi connectivity index (χ1n) is 8.20. The molecule has 0 saturated carbocycles. The summed E-state index contributed by atoms with van der Waals surface area (Å²) in [6.45, 7) is 0.0247. The van der Waals surface area contributed by atoms with Crippen molar-refractivity contribution in [1.82, 2.24) is 4.72 Å². The predicted octanol–water partition coefficient (Wildman–Crippen LogP) is 4.25. The number of amides is 1. The molecule has 6 nitrogen and oxygen atoms in total. The number of anilines is 1. The van der Waals surface area contributed by atoms with E-state index in [1.807, 2.05) is 0 Å². The van der Waals surface area contributed by atoms with Gasteiger partial charge in [-0.3, -0.25) is 4.79 Å². The number of rotatable bonds is 7. The highest BCUT2D eigenvalue weighted by Crippen LogP contribution is 2.25. The van der Waals surface area contributed by atoms with Gasteiger partial charge in [0.2, 0.25) is 15.9 Å². The highest BCUT2D eigenvalue weighted by atomic mass is 35.5. The smallest absolute Gasteiger partial charge is 0.241 e. The quantitative estimate of drug-likeness (QED) is 0.576. The van der Waals surface area contributed by atoms with Gasteiger partial charge in [-0.05, 0) is 48.0 Å². The van der Waals surface area contributed by atoms with Crippen molar-refractivity contribution in [2.75, 3.05) is 5.32 Å². The Morgan fingerprint density at radius 2 is 1.71 bits per heavy atom. The Morgan fingerprint density at radius 1 is 1.00 bits per heavy atom. The summed E-state index contributed by atoms with van der Waals surface area (Å²) in [5.41, 5.74) is 0.848. The highest BCUT2D eigenvalue weighted by molar-refractivity contribution is 7.89. The van der Waals surface area contributed by atoms with E-state index in [-0.39, 0.29) is 23.8 Å². The molecule has 28 heavy (non-hydrogen) atoms. The van der Waals surface area contributed by atoms with Crippen molar-refractivity contribution < 1.29 is 17.6 Å². The number of carbonyl (C=O) groups excluding carboxylic acids is 1. The fraction of sp³-hybridized carbons (Fsp3) is 0.105. The van der Waals surface area contributed by atoms with E-state index in [1.54, 1.807) is 42.5 Å². The van der Waals surface area contributed by atoms with Crippen LogP contribution in [0.5, 0.6) is 0 Å². The number of nitrogens with one attached hydrogen (secondary N) is 2. The predicted molar refractivity (Wildman–Crippen MR) is 108 cm³/mol. The van der Waals surface area contributed by atoms with Gasteiger partial charge in [0.05, 0.1) is 24.1 Å². The lowest BCUT2D eigenvalue weighted by Crippen LogP contribution is -2.23. The van der Waals surface area contributed by atoms with Gasteiger partial charge in [0, 0.05) is 15.7 Å². The van der Waals surface area contributed by atoms with E-state index < -0.39 is 10.0 Å². The fourth-order valence-electron chi connectivity index (χ4n) is 2.47. The third-order valence-corrected chi connectivity index (χ3v) is 5.95. The minimum atomic E-state index is -3.77. The molecule has 0 bridgehead atoms. The summed E-state index contributed by atoms with van der Waals surface area (Å²) >= 11 is 12.2. The fourth-order valence-corrected chi connectivity index (χ4v) is 4.04. The maximum Gasteiger partial charge on any atom is 0.241 e. The summed E-state index contributed by atoms with van der Waals surface area (Å²) in [5.74, 6) is 0.123. The summed E-state index contributed by atoms with van der Waals surface area (Å²) in [6, 6.07) is 14.3. The van der Waals surface area contributed by atoms with Crippen LogP contribution in [0, 0.1) is 0 Å². The zero-order valence-corrected chi connectivity index (χ0v) is 16.8. The number of benzene rings is 2. The molecule has 1 aromatic heterocycles. The minimum absolute atomic E-state index is 0.0210. The molecule has 0 fully saturated rings. The lowest BCUT2D eigenvalue weighted by molar-refractivity contribution is -0.115. The molecule has 1 heterocycles. The Labute approximate surface area is 172 Å². The van der Waals surface area contributed by atoms with Crippen LogP contribution < -0.4 is 10.0 Å². The van der Waals surface area contributed by atoms with Crippen molar-refractivity contribution in [3.63, 3.8) is 0 Å². The molecule has 0 aliphatic carbocycles. The van der Waals surface area contributed by atoms with Gasteiger partial charge in [-0.15, -0.1) is 0 Å². The molecule has 3 rings (SSSR count). The second-order valence-electron chi connectivity index (χ2n) is 5.86. The van der Waals surface area contributed by atoms with E-state index in [0.29, 0.717) is 27.1 Å². The van der Waals surface area contributed by atoms with Gasteiger partial charge in [0.15, 0.2) is 0 Å². The van der Waals surface area contributed by atoms with E-state index in [0.717, 1.165) is 0 Å². The summed E-state index contributed by atoms with van der Waals surface area (Å²) in [7, 11) is -3.77. The standard InChI is InChI=1S/C19H16Cl2N2O4S/c20-17-7-2-8-18(21)16(17)11-19(24)23-13-4-1-6-15(10-13)28(25,26)22-12-14-5-3-9-27-14/h1-10,22H,11-12H2,(H,23,24). The van der Waals surface area contributed by atoms with Gasteiger partial charge in [-0.25, -0.2) is 13.1 Å². The largest absolute Gasteiger partial charge is 0.468 e. The Morgan fingerprint density at radius 3 is 2.39 bits per heavy atom. The highest BCUT2D eigenvalue weighted by Gasteiger charge is 2.16.